The van der Waals surface area contributed by atoms with E-state index >= 15 is 0 Å². The molecule has 2 aromatic carbocycles. The summed E-state index contributed by atoms with van der Waals surface area (Å²) in [4.78, 5) is 39.6. The Morgan fingerprint density at radius 1 is 1.02 bits per heavy atom. The molecule has 2 aromatic rings. The number of nitrogens with one attached hydrogen (secondary N) is 1. The molecule has 0 saturated heterocycles. The van der Waals surface area contributed by atoms with Crippen molar-refractivity contribution in [1.82, 2.24) is 4.90 Å². The van der Waals surface area contributed by atoms with Crippen LogP contribution in [0.1, 0.15) is 56.8 Å². The number of carbonyl (C=O) groups is 3. The number of carbonyl (C=O) groups excluding carboxylic acids is 3. The number of alkyl halides is 6. The molecule has 0 saturated carbocycles. The van der Waals surface area contributed by atoms with Crippen LogP contribution < -0.4 is 5.32 Å². The lowest BCUT2D eigenvalue weighted by molar-refractivity contribution is -0.253. The van der Waals surface area contributed by atoms with E-state index in [1.165, 1.54) is 50.8 Å². The van der Waals surface area contributed by atoms with E-state index in [0.29, 0.717) is 11.1 Å². The number of sulfone groups is 1. The number of esters is 1. The number of hydrogen-bond acceptors (Lipinski definition) is 6. The Balaban J connectivity index is 2.06. The Bertz CT molecular complexity index is 1520. The van der Waals surface area contributed by atoms with Gasteiger partial charge in [0.2, 0.25) is 5.91 Å². The van der Waals surface area contributed by atoms with E-state index in [-0.39, 0.29) is 23.7 Å². The molecule has 1 aliphatic rings. The van der Waals surface area contributed by atoms with Gasteiger partial charge in [0, 0.05) is 25.4 Å². The number of nitrogens with zero attached hydrogens (tertiary/aromatic N) is 1. The minimum absolute atomic E-state index is 0.0223. The molecule has 1 aliphatic heterocycles. The average Bonchev–Trinajstić information content (AvgIpc) is 3.26. The molecule has 15 heteroatoms. The van der Waals surface area contributed by atoms with Crippen LogP contribution in [-0.2, 0) is 40.9 Å². The number of anilines is 1. The van der Waals surface area contributed by atoms with E-state index < -0.39 is 75.3 Å². The van der Waals surface area contributed by atoms with Crippen LogP contribution in [0.15, 0.2) is 47.4 Å². The van der Waals surface area contributed by atoms with E-state index in [4.69, 9.17) is 4.74 Å². The summed E-state index contributed by atoms with van der Waals surface area (Å²) in [7, 11) is -3.59. The Kier molecular flexibility index (Phi) is 9.83. The third-order valence-corrected chi connectivity index (χ3v) is 8.64. The molecule has 3 rings (SSSR count). The van der Waals surface area contributed by atoms with Crippen molar-refractivity contribution in [2.24, 2.45) is 11.8 Å². The highest BCUT2D eigenvalue weighted by molar-refractivity contribution is 7.90. The second kappa shape index (κ2) is 12.4. The van der Waals surface area contributed by atoms with Crippen LogP contribution in [0.25, 0.3) is 0 Å². The van der Waals surface area contributed by atoms with E-state index in [2.05, 4.69) is 5.32 Å². The topological polar surface area (TPSA) is 110 Å². The maximum atomic E-state index is 14.8. The highest BCUT2D eigenvalue weighted by Gasteiger charge is 2.67. The molecule has 242 valence electrons. The molecule has 1 N–H and O–H groups in total. The van der Waals surface area contributed by atoms with Crippen LogP contribution in [0.2, 0.25) is 0 Å². The van der Waals surface area contributed by atoms with Crippen LogP contribution >= 0.6 is 0 Å². The quantitative estimate of drug-likeness (QED) is 0.275. The van der Waals surface area contributed by atoms with Crippen LogP contribution in [0, 0.1) is 11.8 Å². The average molecular weight is 651 g/mol. The van der Waals surface area contributed by atoms with Crippen LogP contribution in [0.3, 0.4) is 0 Å². The van der Waals surface area contributed by atoms with Crippen molar-refractivity contribution in [2.45, 2.75) is 69.4 Å². The molecule has 1 heterocycles. The Morgan fingerprint density at radius 2 is 1.61 bits per heavy atom. The molecule has 0 bridgehead atoms. The maximum absolute atomic E-state index is 14.8. The second-order valence-electron chi connectivity index (χ2n) is 11.0. The number of amides is 2. The van der Waals surface area contributed by atoms with Crippen LogP contribution in [0.4, 0.5) is 32.0 Å². The summed E-state index contributed by atoms with van der Waals surface area (Å²) in [6.07, 6.45) is -12.3. The first-order valence-electron chi connectivity index (χ1n) is 13.5. The van der Waals surface area contributed by atoms with Gasteiger partial charge in [-0.05, 0) is 53.8 Å². The first-order chi connectivity index (χ1) is 20.1. The molecule has 8 nitrogen and oxygen atoms in total. The first kappa shape index (κ1) is 34.9. The van der Waals surface area contributed by atoms with Crippen molar-refractivity contribution in [3.8, 4) is 0 Å². The highest BCUT2D eigenvalue weighted by Crippen LogP contribution is 2.55. The van der Waals surface area contributed by atoms with E-state index in [0.717, 1.165) is 30.5 Å². The summed E-state index contributed by atoms with van der Waals surface area (Å²) in [5.74, 6) is -6.19. The summed E-state index contributed by atoms with van der Waals surface area (Å²) in [5, 5.41) is 2.47. The molecule has 3 unspecified atom stereocenters. The predicted octanol–water partition coefficient (Wildman–Crippen LogP) is 5.72. The van der Waals surface area contributed by atoms with Crippen molar-refractivity contribution in [2.75, 3.05) is 18.2 Å². The van der Waals surface area contributed by atoms with Gasteiger partial charge in [-0.2, -0.15) is 26.3 Å². The molecular weight excluding hydrogens is 618 g/mol. The van der Waals surface area contributed by atoms with Crippen LogP contribution in [0.5, 0.6) is 0 Å². The van der Waals surface area contributed by atoms with E-state index in [9.17, 15) is 49.1 Å². The SMILES string of the molecule is CCOC(=O)C(C(C)C)C(CC(F)(F)F)(c1ccc(NC(=O)C2c3ccc(S(C)(=O)=O)cc3CN2C(C)=O)cc1)C(F)(F)F. The number of hydrogen-bond donors (Lipinski definition) is 1. The van der Waals surface area contributed by atoms with Crippen molar-refractivity contribution in [3.63, 3.8) is 0 Å². The van der Waals surface area contributed by atoms with Crippen molar-refractivity contribution >= 4 is 33.3 Å². The fourth-order valence-corrected chi connectivity index (χ4v) is 6.39. The zero-order valence-electron chi connectivity index (χ0n) is 24.5. The fourth-order valence-electron chi connectivity index (χ4n) is 5.72. The number of benzene rings is 2. The Hall–Kier alpha value is -3.62. The molecule has 3 atom stereocenters. The standard InChI is InChI=1S/C29H32F6N2O6S/c1-6-43-26(40)23(16(2)3)27(29(33,34)35,15-28(30,31)32)19-7-9-20(10-8-19)36-25(39)24-22-12-11-21(44(5,41)42)13-18(22)14-37(24)17(4)38/h7-13,16,23-24H,6,14-15H2,1-5H3,(H,36,39). The van der Waals surface area contributed by atoms with Gasteiger partial charge in [0.05, 0.1) is 23.8 Å². The molecule has 0 aromatic heterocycles. The lowest BCUT2D eigenvalue weighted by Gasteiger charge is -2.43. The smallest absolute Gasteiger partial charge is 0.399 e. The van der Waals surface area contributed by atoms with Gasteiger partial charge < -0.3 is 15.0 Å². The van der Waals surface area contributed by atoms with Gasteiger partial charge in [0.1, 0.15) is 11.5 Å². The fraction of sp³-hybridized carbons (Fsp3) is 0.483. The first-order valence-corrected chi connectivity index (χ1v) is 15.3. The summed E-state index contributed by atoms with van der Waals surface area (Å²) < 4.78 is 115. The minimum Gasteiger partial charge on any atom is -0.466 e. The van der Waals surface area contributed by atoms with Crippen molar-refractivity contribution in [3.05, 3.63) is 59.2 Å². The summed E-state index contributed by atoms with van der Waals surface area (Å²) in [6, 6.07) is 6.29. The predicted molar refractivity (Wildman–Crippen MR) is 147 cm³/mol. The third-order valence-electron chi connectivity index (χ3n) is 7.53. The lowest BCUT2D eigenvalue weighted by atomic mass is 9.63. The van der Waals surface area contributed by atoms with Gasteiger partial charge in [-0.1, -0.05) is 32.0 Å². The molecule has 0 fully saturated rings. The number of rotatable bonds is 9. The zero-order valence-corrected chi connectivity index (χ0v) is 25.3. The Morgan fingerprint density at radius 3 is 2.07 bits per heavy atom. The van der Waals surface area contributed by atoms with Gasteiger partial charge in [-0.25, -0.2) is 8.42 Å². The molecule has 2 amide bonds. The summed E-state index contributed by atoms with van der Waals surface area (Å²) in [6.45, 7) is 4.50. The lowest BCUT2D eigenvalue weighted by Crippen LogP contribution is -2.55. The van der Waals surface area contributed by atoms with Gasteiger partial charge >= 0.3 is 18.3 Å². The molecular formula is C29H32F6N2O6S. The number of fused-ring (bicyclic) bond motifs is 1. The van der Waals surface area contributed by atoms with Gasteiger partial charge in [-0.3, -0.25) is 14.4 Å². The van der Waals surface area contributed by atoms with Gasteiger partial charge in [0.15, 0.2) is 9.84 Å². The van der Waals surface area contributed by atoms with Crippen LogP contribution in [-0.4, -0.2) is 56.3 Å². The summed E-state index contributed by atoms with van der Waals surface area (Å²) in [5.41, 5.74) is -3.92. The van der Waals surface area contributed by atoms with Crippen molar-refractivity contribution < 1.29 is 53.9 Å². The normalized spacial score (nSPS) is 17.5. The van der Waals surface area contributed by atoms with Crippen molar-refractivity contribution in [1.29, 1.82) is 0 Å². The monoisotopic (exact) mass is 650 g/mol. The number of halogens is 6. The molecule has 0 spiro atoms. The maximum Gasteiger partial charge on any atom is 0.399 e. The number of ether oxygens (including phenoxy) is 1. The van der Waals surface area contributed by atoms with Gasteiger partial charge in [0.25, 0.3) is 5.91 Å². The summed E-state index contributed by atoms with van der Waals surface area (Å²) >= 11 is 0. The second-order valence-corrected chi connectivity index (χ2v) is 13.0. The zero-order chi connectivity index (χ0) is 33.4. The molecule has 0 aliphatic carbocycles. The molecule has 44 heavy (non-hydrogen) atoms. The Labute approximate surface area is 250 Å². The van der Waals surface area contributed by atoms with Gasteiger partial charge in [-0.15, -0.1) is 0 Å². The largest absolute Gasteiger partial charge is 0.466 e. The highest BCUT2D eigenvalue weighted by atomic mass is 32.2. The van der Waals surface area contributed by atoms with E-state index in [1.807, 2.05) is 0 Å². The van der Waals surface area contributed by atoms with E-state index in [1.54, 1.807) is 0 Å². The minimum atomic E-state index is -5.55. The molecule has 0 radical (unpaired) electrons. The third kappa shape index (κ3) is 7.02.